The maximum absolute atomic E-state index is 13.7. The first-order chi connectivity index (χ1) is 15.8. The number of carbonyl (C=O) groups excluding carboxylic acids is 1. The summed E-state index contributed by atoms with van der Waals surface area (Å²) in [6.07, 6.45) is 0. The van der Waals surface area contributed by atoms with Crippen molar-refractivity contribution in [3.8, 4) is 17.2 Å². The molecule has 0 unspecified atom stereocenters. The summed E-state index contributed by atoms with van der Waals surface area (Å²) < 4.78 is 17.0. The molecule has 10 nitrogen and oxygen atoms in total. The second-order valence-electron chi connectivity index (χ2n) is 7.27. The summed E-state index contributed by atoms with van der Waals surface area (Å²) in [5.41, 5.74) is 0.160. The number of anilines is 1. The Morgan fingerprint density at radius 3 is 2.42 bits per heavy atom. The first-order valence-electron chi connectivity index (χ1n) is 10.2. The van der Waals surface area contributed by atoms with Gasteiger partial charge in [0.05, 0.1) is 36.5 Å². The summed E-state index contributed by atoms with van der Waals surface area (Å²) in [4.78, 5) is 32.9. The lowest BCUT2D eigenvalue weighted by Crippen LogP contribution is -2.37. The number of nitro benzene ring substituents is 1. The van der Waals surface area contributed by atoms with Crippen LogP contribution < -0.4 is 19.1 Å². The third kappa shape index (κ3) is 5.15. The number of amides is 1. The molecule has 0 aliphatic heterocycles. The number of aromatic nitrogens is 1. The molecular weight excluding hydrogens is 448 g/mol. The van der Waals surface area contributed by atoms with Crippen LogP contribution in [-0.4, -0.2) is 68.7 Å². The van der Waals surface area contributed by atoms with E-state index in [-0.39, 0.29) is 29.3 Å². The zero-order valence-corrected chi connectivity index (χ0v) is 20.0. The zero-order chi connectivity index (χ0) is 24.1. The SMILES string of the molecule is CCOc1cccc2sc(N(CCN(C)C)C(=O)c3cc(OC)c(OC)cc3[N+](=O)[O-])nc12. The molecule has 0 spiro atoms. The Morgan fingerprint density at radius 1 is 1.12 bits per heavy atom. The highest BCUT2D eigenvalue weighted by Gasteiger charge is 2.30. The van der Waals surface area contributed by atoms with Crippen molar-refractivity contribution >= 4 is 38.3 Å². The number of carbonyl (C=O) groups is 1. The number of para-hydroxylation sites is 1. The van der Waals surface area contributed by atoms with Crippen LogP contribution in [0.3, 0.4) is 0 Å². The van der Waals surface area contributed by atoms with Gasteiger partial charge in [0.1, 0.15) is 16.8 Å². The van der Waals surface area contributed by atoms with Crippen LogP contribution in [0, 0.1) is 10.1 Å². The van der Waals surface area contributed by atoms with Gasteiger partial charge in [0, 0.05) is 19.2 Å². The maximum atomic E-state index is 13.7. The summed E-state index contributed by atoms with van der Waals surface area (Å²) in [5.74, 6) is 0.458. The van der Waals surface area contributed by atoms with Crippen molar-refractivity contribution in [1.29, 1.82) is 0 Å². The van der Waals surface area contributed by atoms with Crippen LogP contribution in [0.2, 0.25) is 0 Å². The Morgan fingerprint density at radius 2 is 1.82 bits per heavy atom. The Bertz CT molecular complexity index is 1160. The molecule has 0 atom stereocenters. The van der Waals surface area contributed by atoms with E-state index < -0.39 is 10.8 Å². The molecule has 2 aromatic carbocycles. The number of likely N-dealkylation sites (N-methyl/N-ethyl adjacent to an activating group) is 1. The molecule has 1 amide bonds. The molecule has 0 bridgehead atoms. The summed E-state index contributed by atoms with van der Waals surface area (Å²) in [6, 6.07) is 8.11. The number of benzene rings is 2. The van der Waals surface area contributed by atoms with Crippen LogP contribution in [-0.2, 0) is 0 Å². The number of nitrogens with zero attached hydrogens (tertiary/aromatic N) is 4. The fraction of sp³-hybridized carbons (Fsp3) is 0.364. The number of hydrogen-bond donors (Lipinski definition) is 0. The third-order valence-electron chi connectivity index (χ3n) is 4.85. The molecular formula is C22H26N4O6S. The van der Waals surface area contributed by atoms with E-state index in [0.717, 1.165) is 4.70 Å². The van der Waals surface area contributed by atoms with Crippen LogP contribution in [0.15, 0.2) is 30.3 Å². The maximum Gasteiger partial charge on any atom is 0.286 e. The summed E-state index contributed by atoms with van der Waals surface area (Å²) >= 11 is 1.32. The van der Waals surface area contributed by atoms with Gasteiger partial charge in [-0.15, -0.1) is 0 Å². The third-order valence-corrected chi connectivity index (χ3v) is 5.89. The second kappa shape index (κ2) is 10.5. The molecule has 1 heterocycles. The normalized spacial score (nSPS) is 11.0. The smallest absolute Gasteiger partial charge is 0.286 e. The summed E-state index contributed by atoms with van der Waals surface area (Å²) in [5, 5.41) is 12.2. The number of methoxy groups -OCH3 is 2. The molecule has 0 N–H and O–H groups in total. The second-order valence-corrected chi connectivity index (χ2v) is 8.28. The highest BCUT2D eigenvalue weighted by Crippen LogP contribution is 2.38. The number of nitro groups is 1. The van der Waals surface area contributed by atoms with Gasteiger partial charge in [-0.25, -0.2) is 4.98 Å². The van der Waals surface area contributed by atoms with E-state index in [1.165, 1.54) is 42.6 Å². The monoisotopic (exact) mass is 474 g/mol. The van der Waals surface area contributed by atoms with Gasteiger partial charge in [0.25, 0.3) is 11.6 Å². The van der Waals surface area contributed by atoms with Gasteiger partial charge in [-0.1, -0.05) is 17.4 Å². The first-order valence-corrected chi connectivity index (χ1v) is 11.0. The number of rotatable bonds is 10. The molecule has 1 aromatic heterocycles. The van der Waals surface area contributed by atoms with Gasteiger partial charge >= 0.3 is 0 Å². The topological polar surface area (TPSA) is 107 Å². The largest absolute Gasteiger partial charge is 0.493 e. The van der Waals surface area contributed by atoms with Crippen molar-refractivity contribution in [3.05, 3.63) is 46.0 Å². The van der Waals surface area contributed by atoms with Gasteiger partial charge in [0.2, 0.25) is 0 Å². The summed E-state index contributed by atoms with van der Waals surface area (Å²) in [6.45, 7) is 3.17. The fourth-order valence-electron chi connectivity index (χ4n) is 3.22. The van der Waals surface area contributed by atoms with E-state index in [4.69, 9.17) is 14.2 Å². The van der Waals surface area contributed by atoms with Crippen LogP contribution >= 0.6 is 11.3 Å². The minimum absolute atomic E-state index is 0.110. The number of fused-ring (bicyclic) bond motifs is 1. The molecule has 3 aromatic rings. The lowest BCUT2D eigenvalue weighted by Gasteiger charge is -2.22. The van der Waals surface area contributed by atoms with Gasteiger partial charge in [-0.2, -0.15) is 0 Å². The van der Waals surface area contributed by atoms with Crippen LogP contribution in [0.5, 0.6) is 17.2 Å². The number of thiazole rings is 1. The van der Waals surface area contributed by atoms with E-state index in [1.807, 2.05) is 44.1 Å². The summed E-state index contributed by atoms with van der Waals surface area (Å²) in [7, 11) is 6.55. The lowest BCUT2D eigenvalue weighted by atomic mass is 10.1. The van der Waals surface area contributed by atoms with Gasteiger partial charge in [0.15, 0.2) is 16.6 Å². The van der Waals surface area contributed by atoms with Crippen LogP contribution in [0.4, 0.5) is 10.8 Å². The van der Waals surface area contributed by atoms with Crippen molar-refractivity contribution < 1.29 is 23.9 Å². The molecule has 0 saturated heterocycles. The van der Waals surface area contributed by atoms with E-state index >= 15 is 0 Å². The average molecular weight is 475 g/mol. The molecule has 176 valence electrons. The number of hydrogen-bond acceptors (Lipinski definition) is 9. The molecule has 0 aliphatic rings. The molecule has 0 aliphatic carbocycles. The predicted octanol–water partition coefficient (Wildman–Crippen LogP) is 3.83. The highest BCUT2D eigenvalue weighted by molar-refractivity contribution is 7.22. The first kappa shape index (κ1) is 24.2. The number of ether oxygens (including phenoxy) is 3. The Labute approximate surface area is 195 Å². The zero-order valence-electron chi connectivity index (χ0n) is 19.2. The molecule has 0 saturated carbocycles. The average Bonchev–Trinajstić information content (AvgIpc) is 3.23. The van der Waals surface area contributed by atoms with E-state index in [2.05, 4.69) is 4.98 Å². The quantitative estimate of drug-likeness (QED) is 0.322. The Kier molecular flexibility index (Phi) is 7.67. The molecule has 11 heteroatoms. The van der Waals surface area contributed by atoms with E-state index in [0.29, 0.717) is 29.5 Å². The molecule has 0 fully saturated rings. The Balaban J connectivity index is 2.14. The fourth-order valence-corrected chi connectivity index (χ4v) is 4.23. The van der Waals surface area contributed by atoms with Crippen LogP contribution in [0.25, 0.3) is 10.2 Å². The van der Waals surface area contributed by atoms with Crippen molar-refractivity contribution in [1.82, 2.24) is 9.88 Å². The minimum atomic E-state index is -0.606. The van der Waals surface area contributed by atoms with Crippen molar-refractivity contribution in [3.63, 3.8) is 0 Å². The minimum Gasteiger partial charge on any atom is -0.493 e. The van der Waals surface area contributed by atoms with Crippen molar-refractivity contribution in [2.24, 2.45) is 0 Å². The molecule has 33 heavy (non-hydrogen) atoms. The lowest BCUT2D eigenvalue weighted by molar-refractivity contribution is -0.385. The Hall–Kier alpha value is -3.44. The van der Waals surface area contributed by atoms with Gasteiger partial charge < -0.3 is 19.1 Å². The van der Waals surface area contributed by atoms with Gasteiger partial charge in [-0.05, 0) is 33.2 Å². The molecule has 0 radical (unpaired) electrons. The standard InChI is InChI=1S/C22H26N4O6S/c1-6-32-16-8-7-9-19-20(16)23-22(33-19)25(11-10-24(2)3)21(27)14-12-17(30-4)18(31-5)13-15(14)26(28)29/h7-9,12-13H,6,10-11H2,1-5H3. The highest BCUT2D eigenvalue weighted by atomic mass is 32.1. The van der Waals surface area contributed by atoms with E-state index in [9.17, 15) is 14.9 Å². The van der Waals surface area contributed by atoms with E-state index in [1.54, 1.807) is 0 Å². The van der Waals surface area contributed by atoms with Crippen LogP contribution in [0.1, 0.15) is 17.3 Å². The van der Waals surface area contributed by atoms with Crippen molar-refractivity contribution in [2.75, 3.05) is 52.9 Å². The van der Waals surface area contributed by atoms with Gasteiger partial charge in [-0.3, -0.25) is 19.8 Å². The molecule has 3 rings (SSSR count). The van der Waals surface area contributed by atoms with Crippen molar-refractivity contribution in [2.45, 2.75) is 6.92 Å². The predicted molar refractivity (Wildman–Crippen MR) is 127 cm³/mol.